The van der Waals surface area contributed by atoms with Crippen LogP contribution in [0.1, 0.15) is 41.9 Å². The van der Waals surface area contributed by atoms with E-state index in [0.717, 1.165) is 0 Å². The molecule has 20 heteroatoms. The Kier molecular flexibility index (Phi) is 11.0. The number of hydrogen-bond acceptors (Lipinski definition) is 15. The number of thiazole rings is 1. The van der Waals surface area contributed by atoms with E-state index in [-0.39, 0.29) is 77.6 Å². The van der Waals surface area contributed by atoms with Gasteiger partial charge in [-0.05, 0) is 48.7 Å². The highest BCUT2D eigenvalue weighted by atomic mass is 32.2. The second-order valence-electron chi connectivity index (χ2n) is 14.0. The summed E-state index contributed by atoms with van der Waals surface area (Å²) in [5, 5.41) is 37.5. The minimum Gasteiger partial charge on any atom is -0.456 e. The molecule has 4 aliphatic heterocycles. The average molecular weight is 808 g/mol. The third-order valence-electron chi connectivity index (χ3n) is 10.2. The molecular weight excluding hydrogens is 771 g/mol. The molecule has 0 bridgehead atoms. The topological polar surface area (TPSA) is 228 Å². The quantitative estimate of drug-likeness (QED) is 0.108. The van der Waals surface area contributed by atoms with Crippen molar-refractivity contribution in [2.24, 2.45) is 11.8 Å². The second-order valence-corrected chi connectivity index (χ2v) is 16.2. The molecule has 1 aromatic heterocycles. The van der Waals surface area contributed by atoms with Gasteiger partial charge in [0.15, 0.2) is 5.13 Å². The van der Waals surface area contributed by atoms with E-state index in [0.29, 0.717) is 47.2 Å². The summed E-state index contributed by atoms with van der Waals surface area (Å²) in [6.07, 6.45) is -0.911. The minimum absolute atomic E-state index is 0.0366. The van der Waals surface area contributed by atoms with Gasteiger partial charge < -0.3 is 34.6 Å². The summed E-state index contributed by atoms with van der Waals surface area (Å²) in [5.41, 5.74) is 1.42. The first-order valence-corrected chi connectivity index (χ1v) is 19.5. The van der Waals surface area contributed by atoms with Crippen LogP contribution in [-0.4, -0.2) is 103 Å². The van der Waals surface area contributed by atoms with Crippen LogP contribution in [-0.2, 0) is 32.3 Å². The molecule has 0 aliphatic carbocycles. The average Bonchev–Trinajstić information content (AvgIpc) is 3.89. The lowest BCUT2D eigenvalue weighted by Crippen LogP contribution is -2.63. The minimum atomic E-state index is -0.895. The summed E-state index contributed by atoms with van der Waals surface area (Å²) >= 11 is 2.81. The molecule has 18 nitrogen and oxygen atoms in total. The molecule has 56 heavy (non-hydrogen) atoms. The molecule has 4 aliphatic rings. The lowest BCUT2D eigenvalue weighted by atomic mass is 9.79. The van der Waals surface area contributed by atoms with Crippen molar-refractivity contribution in [3.8, 4) is 0 Å². The number of ether oxygens (including phenoxy) is 2. The van der Waals surface area contributed by atoms with E-state index in [1.165, 1.54) is 81.4 Å². The largest absolute Gasteiger partial charge is 0.456 e. The van der Waals surface area contributed by atoms with Crippen LogP contribution >= 0.6 is 23.1 Å². The number of aliphatic hydroxyl groups excluding tert-OH is 1. The predicted molar refractivity (Wildman–Crippen MR) is 201 cm³/mol. The molecule has 3 fully saturated rings. The van der Waals surface area contributed by atoms with Crippen LogP contribution in [0.15, 0.2) is 64.5 Å². The van der Waals surface area contributed by atoms with E-state index in [4.69, 9.17) is 9.47 Å². The highest BCUT2D eigenvalue weighted by molar-refractivity contribution is 8.03. The standard InChI is InChI=1S/C36H37N7O11S2/c1-19-29-28(20(2)44)33(46)41(29)30(34(47)53-16-21-3-7-24(8-4-21)42(49)50)31(19)56-26-14-40(15-26)35-38-27(18-55-35)32(45)37-23-11-12-39(13-23)36(48)54-17-22-5-9-25(10-6-22)43(51)52/h3-10,18-20,23,26,28-29,44H,11-17H2,1-2H3,(H,37,45)/t19-,20-,23-,28-,29-/m1/s1. The van der Waals surface area contributed by atoms with Gasteiger partial charge in [0.25, 0.3) is 17.3 Å². The SMILES string of the molecule is C[C@@H](O)[C@H]1C(=O)N2C(C(=O)OCc3ccc([N+](=O)[O-])cc3)=C(SC3CN(c4nc(C(=O)N[C@@H]5CCN(C(=O)OCc6ccc([N+](=O)[O-])cc6)C5)cs4)C3)[C@H](C)[C@H]12. The van der Waals surface area contributed by atoms with Crippen molar-refractivity contribution in [2.75, 3.05) is 31.1 Å². The Balaban J connectivity index is 0.914. The molecule has 3 amide bonds. The summed E-state index contributed by atoms with van der Waals surface area (Å²) in [6.45, 7) is 5.08. The number of esters is 1. The fraction of sp³-hybridized carbons (Fsp3) is 0.417. The first kappa shape index (κ1) is 38.7. The van der Waals surface area contributed by atoms with Crippen LogP contribution in [0.5, 0.6) is 0 Å². The van der Waals surface area contributed by atoms with Crippen LogP contribution < -0.4 is 10.2 Å². The number of carbonyl (C=O) groups is 4. The number of nitro groups is 2. The maximum Gasteiger partial charge on any atom is 0.410 e. The summed E-state index contributed by atoms with van der Waals surface area (Å²) in [7, 11) is 0. The first-order valence-electron chi connectivity index (χ1n) is 17.8. The summed E-state index contributed by atoms with van der Waals surface area (Å²) in [4.78, 5) is 83.4. The van der Waals surface area contributed by atoms with E-state index in [1.54, 1.807) is 12.3 Å². The van der Waals surface area contributed by atoms with Crippen LogP contribution in [0.4, 0.5) is 21.3 Å². The van der Waals surface area contributed by atoms with Crippen LogP contribution in [0.25, 0.3) is 0 Å². The number of β-lactam (4-membered cyclic amide) rings is 1. The number of carbonyl (C=O) groups excluding carboxylic acids is 4. The number of nitrogens with one attached hydrogen (secondary N) is 1. The number of rotatable bonds is 13. The Morgan fingerprint density at radius 1 is 1.00 bits per heavy atom. The van der Waals surface area contributed by atoms with Gasteiger partial charge in [0.2, 0.25) is 5.91 Å². The molecule has 0 radical (unpaired) electrons. The third-order valence-corrected chi connectivity index (χ3v) is 12.6. The molecule has 7 rings (SSSR count). The lowest BCUT2D eigenvalue weighted by molar-refractivity contribution is -0.385. The van der Waals surface area contributed by atoms with Gasteiger partial charge in [-0.2, -0.15) is 0 Å². The fourth-order valence-electron chi connectivity index (χ4n) is 7.22. The van der Waals surface area contributed by atoms with E-state index in [2.05, 4.69) is 10.3 Å². The number of aliphatic hydroxyl groups is 1. The first-order chi connectivity index (χ1) is 26.8. The number of anilines is 1. The normalized spacial score (nSPS) is 22.3. The number of amides is 3. The number of non-ortho nitro benzene ring substituents is 2. The molecule has 2 N–H and O–H groups in total. The van der Waals surface area contributed by atoms with E-state index in [1.807, 2.05) is 11.8 Å². The van der Waals surface area contributed by atoms with Gasteiger partial charge >= 0.3 is 12.1 Å². The van der Waals surface area contributed by atoms with Gasteiger partial charge in [-0.1, -0.05) is 6.92 Å². The number of aromatic nitrogens is 1. The molecule has 3 aromatic rings. The van der Waals surface area contributed by atoms with Gasteiger partial charge in [0.05, 0.1) is 27.9 Å². The van der Waals surface area contributed by atoms with Crippen LogP contribution in [0.3, 0.4) is 0 Å². The third kappa shape index (κ3) is 7.76. The van der Waals surface area contributed by atoms with Crippen LogP contribution in [0.2, 0.25) is 0 Å². The maximum absolute atomic E-state index is 13.5. The Labute approximate surface area is 327 Å². The number of benzene rings is 2. The van der Waals surface area contributed by atoms with Crippen molar-refractivity contribution in [1.82, 2.24) is 20.1 Å². The Morgan fingerprint density at radius 2 is 1.61 bits per heavy atom. The summed E-state index contributed by atoms with van der Waals surface area (Å²) in [5.74, 6) is -2.27. The molecule has 0 unspecified atom stereocenters. The van der Waals surface area contributed by atoms with Crippen molar-refractivity contribution in [3.05, 3.63) is 102 Å². The smallest absolute Gasteiger partial charge is 0.410 e. The number of thioether (sulfide) groups is 1. The van der Waals surface area contributed by atoms with Gasteiger partial charge in [0.1, 0.15) is 24.6 Å². The maximum atomic E-state index is 13.5. The Bertz CT molecular complexity index is 2090. The van der Waals surface area contributed by atoms with E-state index >= 15 is 0 Å². The highest BCUT2D eigenvalue weighted by Crippen LogP contribution is 2.52. The fourth-order valence-corrected chi connectivity index (χ4v) is 9.56. The van der Waals surface area contributed by atoms with E-state index in [9.17, 15) is 44.5 Å². The number of likely N-dealkylation sites (tertiary alicyclic amines) is 1. The summed E-state index contributed by atoms with van der Waals surface area (Å²) < 4.78 is 11.0. The lowest BCUT2D eigenvalue weighted by Gasteiger charge is -2.46. The molecule has 3 saturated heterocycles. The zero-order chi connectivity index (χ0) is 39.8. The van der Waals surface area contributed by atoms with Crippen molar-refractivity contribution >= 4 is 63.5 Å². The van der Waals surface area contributed by atoms with Crippen LogP contribution in [0, 0.1) is 32.1 Å². The van der Waals surface area contributed by atoms with Gasteiger partial charge in [-0.25, -0.2) is 14.6 Å². The number of nitro benzene ring substituents is 2. The monoisotopic (exact) mass is 807 g/mol. The Morgan fingerprint density at radius 3 is 2.20 bits per heavy atom. The van der Waals surface area contributed by atoms with Gasteiger partial charge in [0, 0.05) is 77.9 Å². The highest BCUT2D eigenvalue weighted by Gasteiger charge is 2.60. The van der Waals surface area contributed by atoms with E-state index < -0.39 is 33.9 Å². The zero-order valence-corrected chi connectivity index (χ0v) is 31.8. The molecule has 5 atom stereocenters. The molecule has 0 saturated carbocycles. The molecule has 5 heterocycles. The van der Waals surface area contributed by atoms with Crippen molar-refractivity contribution < 1.29 is 43.6 Å². The predicted octanol–water partition coefficient (Wildman–Crippen LogP) is 3.83. The molecule has 2 aromatic carbocycles. The second kappa shape index (κ2) is 15.9. The molecular formula is C36H37N7O11S2. The van der Waals surface area contributed by atoms with Crippen molar-refractivity contribution in [2.45, 2.75) is 56.9 Å². The summed E-state index contributed by atoms with van der Waals surface area (Å²) in [6, 6.07) is 10.7. The number of nitrogens with zero attached hydrogens (tertiary/aromatic N) is 6. The molecule has 294 valence electrons. The van der Waals surface area contributed by atoms with Gasteiger partial charge in [-0.15, -0.1) is 23.1 Å². The van der Waals surface area contributed by atoms with Gasteiger partial charge in [-0.3, -0.25) is 29.8 Å². The number of fused-ring (bicyclic) bond motifs is 1. The molecule has 0 spiro atoms. The Hall–Kier alpha value is -5.60. The zero-order valence-electron chi connectivity index (χ0n) is 30.1. The van der Waals surface area contributed by atoms with Crippen molar-refractivity contribution in [1.29, 1.82) is 0 Å². The number of hydrogen-bond donors (Lipinski definition) is 2. The van der Waals surface area contributed by atoms with Crippen molar-refractivity contribution in [3.63, 3.8) is 0 Å².